The lowest BCUT2D eigenvalue weighted by Crippen LogP contribution is -2.51. The summed E-state index contributed by atoms with van der Waals surface area (Å²) >= 11 is 0. The number of rotatable bonds is 8. The molecule has 1 N–H and O–H groups in total. The molecule has 0 spiro atoms. The van der Waals surface area contributed by atoms with Gasteiger partial charge in [0.05, 0.1) is 44.5 Å². The number of nitrogens with one attached hydrogen (secondary N) is 1. The maximum atomic E-state index is 13.7. The van der Waals surface area contributed by atoms with Crippen LogP contribution in [0.2, 0.25) is 0 Å². The molecule has 10 heteroatoms. The van der Waals surface area contributed by atoms with Crippen LogP contribution in [0.3, 0.4) is 0 Å². The van der Waals surface area contributed by atoms with Gasteiger partial charge >= 0.3 is 0 Å². The molecule has 0 aliphatic carbocycles. The van der Waals surface area contributed by atoms with Gasteiger partial charge in [0.1, 0.15) is 23.0 Å². The number of anilines is 1. The minimum absolute atomic E-state index is 0.0799. The van der Waals surface area contributed by atoms with Gasteiger partial charge < -0.3 is 24.3 Å². The van der Waals surface area contributed by atoms with Crippen LogP contribution in [0.4, 0.5) is 5.69 Å². The third-order valence-corrected chi connectivity index (χ3v) is 7.98. The van der Waals surface area contributed by atoms with Gasteiger partial charge in [-0.05, 0) is 74.0 Å². The molecule has 1 aliphatic rings. The van der Waals surface area contributed by atoms with Crippen molar-refractivity contribution in [2.75, 3.05) is 32.2 Å². The van der Waals surface area contributed by atoms with E-state index in [2.05, 4.69) is 5.32 Å². The summed E-state index contributed by atoms with van der Waals surface area (Å²) in [5, 5.41) is 2.92. The minimum Gasteiger partial charge on any atom is -0.497 e. The molecular weight excluding hydrogens is 496 g/mol. The smallest absolute Gasteiger partial charge is 0.264 e. The van der Waals surface area contributed by atoms with Crippen LogP contribution in [0.1, 0.15) is 24.1 Å². The summed E-state index contributed by atoms with van der Waals surface area (Å²) in [6.07, 6.45) is -1.08. The molecule has 1 amide bonds. The number of benzene rings is 3. The van der Waals surface area contributed by atoms with Gasteiger partial charge in [-0.1, -0.05) is 6.07 Å². The predicted octanol–water partition coefficient (Wildman–Crippen LogP) is 3.85. The number of hydrogen-bond acceptors (Lipinski definition) is 7. The van der Waals surface area contributed by atoms with Crippen molar-refractivity contribution in [3.63, 3.8) is 0 Å². The third-order valence-electron chi connectivity index (χ3n) is 6.19. The van der Waals surface area contributed by atoms with E-state index in [0.29, 0.717) is 34.2 Å². The van der Waals surface area contributed by atoms with Crippen LogP contribution >= 0.6 is 0 Å². The van der Waals surface area contributed by atoms with Crippen molar-refractivity contribution < 1.29 is 32.2 Å². The molecular formula is C27H30N2O7S. The number of amides is 1. The molecule has 0 radical (unpaired) electrons. The Kier molecular flexibility index (Phi) is 7.49. The van der Waals surface area contributed by atoms with Crippen LogP contribution < -0.4 is 28.6 Å². The maximum absolute atomic E-state index is 13.7. The Balaban J connectivity index is 1.64. The van der Waals surface area contributed by atoms with Crippen molar-refractivity contribution in [3.05, 3.63) is 71.8 Å². The zero-order valence-corrected chi connectivity index (χ0v) is 22.2. The van der Waals surface area contributed by atoms with E-state index < -0.39 is 28.1 Å². The molecule has 37 heavy (non-hydrogen) atoms. The van der Waals surface area contributed by atoms with E-state index in [-0.39, 0.29) is 11.4 Å². The van der Waals surface area contributed by atoms with Crippen LogP contribution in [0.5, 0.6) is 23.0 Å². The molecule has 1 aliphatic heterocycles. The molecule has 0 aromatic heterocycles. The van der Waals surface area contributed by atoms with Crippen molar-refractivity contribution >= 4 is 21.6 Å². The predicted molar refractivity (Wildman–Crippen MR) is 139 cm³/mol. The number of carbonyl (C=O) groups is 1. The Morgan fingerprint density at radius 3 is 2.30 bits per heavy atom. The first-order valence-electron chi connectivity index (χ1n) is 11.6. The molecule has 3 aromatic carbocycles. The van der Waals surface area contributed by atoms with Crippen LogP contribution in [0, 0.1) is 6.92 Å². The fourth-order valence-electron chi connectivity index (χ4n) is 4.16. The van der Waals surface area contributed by atoms with Crippen LogP contribution in [-0.4, -0.2) is 48.3 Å². The van der Waals surface area contributed by atoms with Gasteiger partial charge in [-0.2, -0.15) is 0 Å². The van der Waals surface area contributed by atoms with Crippen molar-refractivity contribution in [2.24, 2.45) is 0 Å². The molecule has 4 rings (SSSR count). The Morgan fingerprint density at radius 2 is 1.65 bits per heavy atom. The zero-order valence-electron chi connectivity index (χ0n) is 21.3. The molecule has 196 valence electrons. The van der Waals surface area contributed by atoms with Gasteiger partial charge in [0.25, 0.3) is 15.9 Å². The molecule has 0 saturated heterocycles. The lowest BCUT2D eigenvalue weighted by atomic mass is 10.1. The highest BCUT2D eigenvalue weighted by Crippen LogP contribution is 2.38. The average Bonchev–Trinajstić information content (AvgIpc) is 2.91. The van der Waals surface area contributed by atoms with Crippen molar-refractivity contribution in [1.82, 2.24) is 5.32 Å². The number of carbonyl (C=O) groups excluding carboxylic acids is 1. The van der Waals surface area contributed by atoms with E-state index in [1.165, 1.54) is 23.5 Å². The minimum atomic E-state index is -4.00. The number of ether oxygens (including phenoxy) is 4. The first kappa shape index (κ1) is 26.2. The Labute approximate surface area is 217 Å². The number of fused-ring (bicyclic) bond motifs is 1. The summed E-state index contributed by atoms with van der Waals surface area (Å²) in [5.74, 6) is 1.59. The van der Waals surface area contributed by atoms with Gasteiger partial charge in [0.15, 0.2) is 6.10 Å². The average molecular weight is 527 g/mol. The lowest BCUT2D eigenvalue weighted by Gasteiger charge is -2.35. The van der Waals surface area contributed by atoms with Crippen molar-refractivity contribution in [2.45, 2.75) is 30.9 Å². The quantitative estimate of drug-likeness (QED) is 0.476. The van der Waals surface area contributed by atoms with Gasteiger partial charge in [-0.3, -0.25) is 9.10 Å². The maximum Gasteiger partial charge on any atom is 0.264 e. The van der Waals surface area contributed by atoms with Gasteiger partial charge in [0, 0.05) is 5.56 Å². The lowest BCUT2D eigenvalue weighted by molar-refractivity contribution is -0.128. The van der Waals surface area contributed by atoms with E-state index in [1.807, 2.05) is 6.92 Å². The van der Waals surface area contributed by atoms with E-state index in [0.717, 1.165) is 5.56 Å². The third kappa shape index (κ3) is 5.29. The molecule has 0 fully saturated rings. The summed E-state index contributed by atoms with van der Waals surface area (Å²) < 4.78 is 50.5. The fraction of sp³-hybridized carbons (Fsp3) is 0.296. The molecule has 1 heterocycles. The van der Waals surface area contributed by atoms with Crippen molar-refractivity contribution in [1.29, 1.82) is 0 Å². The second kappa shape index (κ2) is 10.6. The van der Waals surface area contributed by atoms with E-state index in [9.17, 15) is 13.2 Å². The summed E-state index contributed by atoms with van der Waals surface area (Å²) in [4.78, 5) is 13.4. The molecule has 9 nitrogen and oxygen atoms in total. The Bertz CT molecular complexity index is 1390. The Hall–Kier alpha value is -3.92. The number of hydrogen-bond donors (Lipinski definition) is 1. The second-order valence-corrected chi connectivity index (χ2v) is 10.5. The molecule has 3 aromatic rings. The molecule has 2 atom stereocenters. The van der Waals surface area contributed by atoms with E-state index >= 15 is 0 Å². The van der Waals surface area contributed by atoms with Gasteiger partial charge in [-0.15, -0.1) is 0 Å². The van der Waals surface area contributed by atoms with Crippen LogP contribution in [-0.2, 0) is 14.8 Å². The first-order valence-corrected chi connectivity index (χ1v) is 13.1. The van der Waals surface area contributed by atoms with Gasteiger partial charge in [-0.25, -0.2) is 8.42 Å². The summed E-state index contributed by atoms with van der Waals surface area (Å²) in [7, 11) is 0.611. The SMILES string of the molecule is COc1ccc(S(=O)(=O)N2C[C@H](C(=O)N[C@H](C)c3cc(OC)ccc3OC)Oc3ccc(C)cc32)cc1. The molecule has 0 saturated carbocycles. The number of aryl methyl sites for hydroxylation is 1. The highest BCUT2D eigenvalue weighted by atomic mass is 32.2. The first-order chi connectivity index (χ1) is 17.7. The normalized spacial score (nSPS) is 15.7. The van der Waals surface area contributed by atoms with E-state index in [4.69, 9.17) is 18.9 Å². The highest BCUT2D eigenvalue weighted by Gasteiger charge is 2.38. The zero-order chi connectivity index (χ0) is 26.7. The standard InChI is InChI=1S/C27H30N2O7S/c1-17-6-12-25-23(14-17)29(37(31,32)21-10-7-19(33-3)8-11-21)16-26(36-25)27(30)28-18(2)22-15-20(34-4)9-13-24(22)35-5/h6-15,18,26H,16H2,1-5H3,(H,28,30)/t18-,26-/m1/s1. The second-order valence-electron chi connectivity index (χ2n) is 8.63. The largest absolute Gasteiger partial charge is 0.497 e. The van der Waals surface area contributed by atoms with Crippen LogP contribution in [0.25, 0.3) is 0 Å². The monoisotopic (exact) mass is 526 g/mol. The summed E-state index contributed by atoms with van der Waals surface area (Å²) in [5.41, 5.74) is 1.95. The number of nitrogens with zero attached hydrogens (tertiary/aromatic N) is 1. The van der Waals surface area contributed by atoms with Crippen LogP contribution in [0.15, 0.2) is 65.6 Å². The fourth-order valence-corrected chi connectivity index (χ4v) is 5.63. The number of sulfonamides is 1. The molecule has 0 bridgehead atoms. The van der Waals surface area contributed by atoms with Gasteiger partial charge in [0.2, 0.25) is 0 Å². The molecule has 0 unspecified atom stereocenters. The van der Waals surface area contributed by atoms with Crippen molar-refractivity contribution in [3.8, 4) is 23.0 Å². The highest BCUT2D eigenvalue weighted by molar-refractivity contribution is 7.92. The number of methoxy groups -OCH3 is 3. The topological polar surface area (TPSA) is 103 Å². The summed E-state index contributed by atoms with van der Waals surface area (Å²) in [6.45, 7) is 3.47. The van der Waals surface area contributed by atoms with E-state index in [1.54, 1.807) is 69.7 Å². The Morgan fingerprint density at radius 1 is 0.973 bits per heavy atom. The summed E-state index contributed by atoms with van der Waals surface area (Å²) in [6, 6.07) is 16.2.